The number of ketones is 1. The number of ether oxygens (including phenoxy) is 1. The molecule has 0 aliphatic heterocycles. The monoisotopic (exact) mass is 343 g/mol. The van der Waals surface area contributed by atoms with E-state index >= 15 is 0 Å². The third kappa shape index (κ3) is 3.49. The van der Waals surface area contributed by atoms with Gasteiger partial charge < -0.3 is 14.3 Å². The van der Waals surface area contributed by atoms with Gasteiger partial charge in [-0.2, -0.15) is 5.10 Å². The third-order valence-corrected chi connectivity index (χ3v) is 4.10. The average Bonchev–Trinajstić information content (AvgIpc) is 3.26. The molecule has 2 N–H and O–H groups in total. The van der Waals surface area contributed by atoms with E-state index in [-0.39, 0.29) is 11.6 Å². The van der Waals surface area contributed by atoms with Gasteiger partial charge in [-0.25, -0.2) is 4.98 Å². The summed E-state index contributed by atoms with van der Waals surface area (Å²) in [4.78, 5) is 17.7. The fraction of sp³-hybridized carbons (Fsp3) is 0.0625. The molecule has 2 heterocycles. The molecule has 0 unspecified atom stereocenters. The minimum atomic E-state index is -0.406. The molecule has 2 aromatic heterocycles. The van der Waals surface area contributed by atoms with Gasteiger partial charge in [-0.1, -0.05) is 17.8 Å². The molecule has 24 heavy (non-hydrogen) atoms. The Morgan fingerprint density at radius 2 is 2.29 bits per heavy atom. The molecule has 0 saturated heterocycles. The van der Waals surface area contributed by atoms with Crippen molar-refractivity contribution in [2.75, 3.05) is 7.11 Å². The number of benzene rings is 1. The number of nitrogens with zero attached hydrogens (tertiary/aromatic N) is 2. The van der Waals surface area contributed by atoms with Crippen molar-refractivity contribution in [3.63, 3.8) is 0 Å². The summed E-state index contributed by atoms with van der Waals surface area (Å²) in [6.07, 6.45) is 5.19. The predicted octanol–water partition coefficient (Wildman–Crippen LogP) is 3.34. The summed E-state index contributed by atoms with van der Waals surface area (Å²) in [6.45, 7) is 0. The molecule has 0 amide bonds. The van der Waals surface area contributed by atoms with Crippen molar-refractivity contribution < 1.29 is 19.1 Å². The zero-order valence-electron chi connectivity index (χ0n) is 12.6. The lowest BCUT2D eigenvalue weighted by Gasteiger charge is -2.03. The normalized spacial score (nSPS) is 11.5. The molecule has 0 radical (unpaired) electrons. The first-order valence-corrected chi connectivity index (χ1v) is 7.68. The first-order chi connectivity index (χ1) is 11.7. The average molecular weight is 343 g/mol. The summed E-state index contributed by atoms with van der Waals surface area (Å²) >= 11 is 1.36. The fourth-order valence-corrected chi connectivity index (χ4v) is 2.87. The van der Waals surface area contributed by atoms with Gasteiger partial charge in [0.1, 0.15) is 24.6 Å². The second-order valence-electron chi connectivity index (χ2n) is 4.65. The Labute approximate surface area is 141 Å². The Bertz CT molecular complexity index is 871. The highest BCUT2D eigenvalue weighted by molar-refractivity contribution is 7.99. The number of aliphatic hydroxyl groups is 1. The van der Waals surface area contributed by atoms with Gasteiger partial charge in [0.15, 0.2) is 11.5 Å². The lowest BCUT2D eigenvalue weighted by Crippen LogP contribution is -1.97. The van der Waals surface area contributed by atoms with E-state index in [2.05, 4.69) is 15.2 Å². The van der Waals surface area contributed by atoms with Gasteiger partial charge in [0.05, 0.1) is 17.6 Å². The number of allylic oxidation sites excluding steroid dienone is 1. The zero-order valence-corrected chi connectivity index (χ0v) is 13.4. The SMILES string of the molecule is COc1cccc(Sc2cocc2C(=O)C=C(O)c2nc[nH]n2)c1. The van der Waals surface area contributed by atoms with Crippen molar-refractivity contribution in [3.8, 4) is 5.75 Å². The van der Waals surface area contributed by atoms with Crippen LogP contribution in [-0.4, -0.2) is 33.2 Å². The van der Waals surface area contributed by atoms with Crippen molar-refractivity contribution in [1.29, 1.82) is 0 Å². The highest BCUT2D eigenvalue weighted by Crippen LogP contribution is 2.33. The van der Waals surface area contributed by atoms with Crippen molar-refractivity contribution >= 4 is 23.3 Å². The fourth-order valence-electron chi connectivity index (χ4n) is 1.93. The Morgan fingerprint density at radius 3 is 3.04 bits per heavy atom. The van der Waals surface area contributed by atoms with Crippen molar-refractivity contribution in [1.82, 2.24) is 15.2 Å². The minimum absolute atomic E-state index is 0.0499. The Kier molecular flexibility index (Phi) is 4.66. The van der Waals surface area contributed by atoms with E-state index < -0.39 is 5.78 Å². The molecule has 0 aliphatic rings. The standard InChI is InChI=1S/C16H13N3O4S/c1-22-10-3-2-4-11(5-10)24-15-8-23-7-12(15)13(20)6-14(21)16-17-9-18-19-16/h2-9,21H,1H3,(H,17,18,19). The van der Waals surface area contributed by atoms with Crippen LogP contribution >= 0.6 is 11.8 Å². The number of aliphatic hydroxyl groups excluding tert-OH is 1. The van der Waals surface area contributed by atoms with E-state index in [1.807, 2.05) is 24.3 Å². The predicted molar refractivity (Wildman–Crippen MR) is 87.1 cm³/mol. The topological polar surface area (TPSA) is 101 Å². The summed E-state index contributed by atoms with van der Waals surface area (Å²) in [5.41, 5.74) is 0.338. The summed E-state index contributed by atoms with van der Waals surface area (Å²) in [5, 5.41) is 16.0. The van der Waals surface area contributed by atoms with Crippen LogP contribution < -0.4 is 4.74 Å². The second-order valence-corrected chi connectivity index (χ2v) is 5.76. The smallest absolute Gasteiger partial charge is 0.215 e. The highest BCUT2D eigenvalue weighted by atomic mass is 32.2. The van der Waals surface area contributed by atoms with E-state index in [9.17, 15) is 9.90 Å². The quantitative estimate of drug-likeness (QED) is 0.402. The van der Waals surface area contributed by atoms with Gasteiger partial charge in [0.2, 0.25) is 5.82 Å². The van der Waals surface area contributed by atoms with Crippen LogP contribution in [0.1, 0.15) is 16.2 Å². The van der Waals surface area contributed by atoms with Crippen LogP contribution in [0.2, 0.25) is 0 Å². The molecule has 0 fully saturated rings. The van der Waals surface area contributed by atoms with Crippen molar-refractivity contribution in [3.05, 3.63) is 60.6 Å². The molecule has 0 atom stereocenters. The molecule has 3 aromatic rings. The van der Waals surface area contributed by atoms with E-state index in [4.69, 9.17) is 9.15 Å². The van der Waals surface area contributed by atoms with E-state index in [1.165, 1.54) is 30.6 Å². The largest absolute Gasteiger partial charge is 0.504 e. The third-order valence-electron chi connectivity index (χ3n) is 3.07. The molecular formula is C16H13N3O4S. The second kappa shape index (κ2) is 7.05. The number of hydrogen-bond donors (Lipinski definition) is 2. The van der Waals surface area contributed by atoms with Crippen LogP contribution in [0.4, 0.5) is 0 Å². The summed E-state index contributed by atoms with van der Waals surface area (Å²) in [6, 6.07) is 7.45. The van der Waals surface area contributed by atoms with Crippen LogP contribution in [0.5, 0.6) is 5.75 Å². The number of nitrogens with one attached hydrogen (secondary N) is 1. The van der Waals surface area contributed by atoms with E-state index in [0.29, 0.717) is 10.5 Å². The molecule has 0 saturated carbocycles. The zero-order chi connectivity index (χ0) is 16.9. The van der Waals surface area contributed by atoms with Crippen LogP contribution in [0.25, 0.3) is 5.76 Å². The number of H-pyrrole nitrogens is 1. The highest BCUT2D eigenvalue weighted by Gasteiger charge is 2.16. The molecule has 3 rings (SSSR count). The molecule has 0 aliphatic carbocycles. The number of aromatic amines is 1. The molecule has 1 aromatic carbocycles. The minimum Gasteiger partial charge on any atom is -0.504 e. The maximum atomic E-state index is 12.3. The Morgan fingerprint density at radius 1 is 1.42 bits per heavy atom. The Hall–Kier alpha value is -3.00. The van der Waals surface area contributed by atoms with Gasteiger partial charge in [-0.15, -0.1) is 0 Å². The lowest BCUT2D eigenvalue weighted by atomic mass is 10.2. The summed E-state index contributed by atoms with van der Waals surface area (Å²) in [7, 11) is 1.59. The molecule has 7 nitrogen and oxygen atoms in total. The number of aromatic nitrogens is 3. The molecule has 122 valence electrons. The maximum Gasteiger partial charge on any atom is 0.215 e. The Balaban J connectivity index is 1.82. The number of furan rings is 1. The number of methoxy groups -OCH3 is 1. The number of hydrogen-bond acceptors (Lipinski definition) is 7. The van der Waals surface area contributed by atoms with Gasteiger partial charge in [-0.3, -0.25) is 9.89 Å². The van der Waals surface area contributed by atoms with Crippen molar-refractivity contribution in [2.24, 2.45) is 0 Å². The van der Waals surface area contributed by atoms with E-state index in [1.54, 1.807) is 7.11 Å². The van der Waals surface area contributed by atoms with Gasteiger partial charge >= 0.3 is 0 Å². The van der Waals surface area contributed by atoms with Crippen molar-refractivity contribution in [2.45, 2.75) is 9.79 Å². The van der Waals surface area contributed by atoms with Gasteiger partial charge in [0, 0.05) is 11.0 Å². The van der Waals surface area contributed by atoms with Crippen LogP contribution in [0.3, 0.4) is 0 Å². The number of carbonyl (C=O) groups is 1. The summed E-state index contributed by atoms with van der Waals surface area (Å²) < 4.78 is 10.3. The molecular weight excluding hydrogens is 330 g/mol. The van der Waals surface area contributed by atoms with E-state index in [0.717, 1.165) is 16.7 Å². The number of carbonyl (C=O) groups excluding carboxylic acids is 1. The van der Waals surface area contributed by atoms with Crippen LogP contribution in [0, 0.1) is 0 Å². The van der Waals surface area contributed by atoms with Crippen LogP contribution in [0.15, 0.2) is 63.4 Å². The molecule has 0 bridgehead atoms. The van der Waals surface area contributed by atoms with Gasteiger partial charge in [0.25, 0.3) is 0 Å². The molecule has 0 spiro atoms. The maximum absolute atomic E-state index is 12.3. The summed E-state index contributed by atoms with van der Waals surface area (Å²) in [5.74, 6) is 0.0450. The first-order valence-electron chi connectivity index (χ1n) is 6.86. The van der Waals surface area contributed by atoms with Gasteiger partial charge in [-0.05, 0) is 18.2 Å². The molecule has 8 heteroatoms. The first kappa shape index (κ1) is 15.9. The lowest BCUT2D eigenvalue weighted by molar-refractivity contribution is 0.104. The van der Waals surface area contributed by atoms with Crippen LogP contribution in [-0.2, 0) is 0 Å². The number of rotatable bonds is 6.